The Morgan fingerprint density at radius 1 is 1.17 bits per heavy atom. The van der Waals surface area contributed by atoms with Crippen molar-refractivity contribution in [2.24, 2.45) is 0 Å². The molecule has 0 radical (unpaired) electrons. The highest BCUT2D eigenvalue weighted by atomic mass is 35.5. The summed E-state index contributed by atoms with van der Waals surface area (Å²) in [7, 11) is 0. The van der Waals surface area contributed by atoms with E-state index in [9.17, 15) is 0 Å². The van der Waals surface area contributed by atoms with Crippen LogP contribution in [0.1, 0.15) is 5.82 Å². The van der Waals surface area contributed by atoms with Crippen LogP contribution in [0.15, 0.2) is 18.2 Å². The minimum absolute atomic E-state index is 0. The number of aryl methyl sites for hydroxylation is 1. The first kappa shape index (κ1) is 13.5. The molecule has 0 amide bonds. The van der Waals surface area contributed by atoms with Crippen molar-refractivity contribution >= 4 is 51.9 Å². The molecule has 0 atom stereocenters. The van der Waals surface area contributed by atoms with Gasteiger partial charge >= 0.3 is 0 Å². The lowest BCUT2D eigenvalue weighted by molar-refractivity contribution is 0.898. The van der Waals surface area contributed by atoms with Crippen molar-refractivity contribution in [3.05, 3.63) is 34.1 Å². The fourth-order valence-corrected chi connectivity index (χ4v) is 2.64. The zero-order valence-corrected chi connectivity index (χ0v) is 12.2. The Morgan fingerprint density at radius 2 is 1.94 bits per heavy atom. The van der Waals surface area contributed by atoms with Gasteiger partial charge in [-0.05, 0) is 19.1 Å². The molecule has 3 aromatic rings. The summed E-state index contributed by atoms with van der Waals surface area (Å²) in [6.45, 7) is 1.86. The zero-order valence-electron chi connectivity index (χ0n) is 9.09. The molecule has 0 saturated carbocycles. The van der Waals surface area contributed by atoms with Gasteiger partial charge < -0.3 is 0 Å². The number of nitrogens with zero attached hydrogens (tertiary/aromatic N) is 4. The van der Waals surface area contributed by atoms with Crippen LogP contribution >= 0.6 is 46.9 Å². The number of halogens is 3. The summed E-state index contributed by atoms with van der Waals surface area (Å²) < 4.78 is 1.71. The van der Waals surface area contributed by atoms with E-state index in [0.717, 1.165) is 21.4 Å². The predicted octanol–water partition coefficient (Wildman–Crippen LogP) is 3.89. The number of hydrogen-bond donors (Lipinski definition) is 0. The van der Waals surface area contributed by atoms with E-state index in [1.807, 2.05) is 13.0 Å². The van der Waals surface area contributed by atoms with Gasteiger partial charge in [0.05, 0.1) is 10.0 Å². The van der Waals surface area contributed by atoms with Crippen LogP contribution in [0.2, 0.25) is 10.0 Å². The summed E-state index contributed by atoms with van der Waals surface area (Å²) in [5.74, 6) is 0.766. The number of benzene rings is 1. The average Bonchev–Trinajstić information content (AvgIpc) is 2.86. The van der Waals surface area contributed by atoms with Gasteiger partial charge in [-0.25, -0.2) is 0 Å². The smallest absolute Gasteiger partial charge is 0.187 e. The molecule has 18 heavy (non-hydrogen) atoms. The van der Waals surface area contributed by atoms with Crippen LogP contribution in [0.3, 0.4) is 0 Å². The van der Waals surface area contributed by atoms with E-state index in [0.29, 0.717) is 10.0 Å². The first-order valence-electron chi connectivity index (χ1n) is 4.79. The van der Waals surface area contributed by atoms with Gasteiger partial charge in [0.25, 0.3) is 0 Å². The molecule has 0 saturated heterocycles. The van der Waals surface area contributed by atoms with E-state index in [1.54, 1.807) is 16.6 Å². The SMILES string of the molecule is Cc1nnc2sc(-c3ccc(Cl)c(Cl)c3)nn12.Cl. The molecule has 94 valence electrons. The maximum Gasteiger partial charge on any atom is 0.234 e. The standard InChI is InChI=1S/C10H6Cl2N4S.ClH/c1-5-13-14-10-16(5)15-9(17-10)6-2-3-7(11)8(12)4-6;/h2-4H,1H3;1H. The lowest BCUT2D eigenvalue weighted by Crippen LogP contribution is -1.88. The molecule has 0 aliphatic rings. The molecular weight excluding hydrogens is 315 g/mol. The van der Waals surface area contributed by atoms with Crippen LogP contribution in [0, 0.1) is 6.92 Å². The minimum Gasteiger partial charge on any atom is -0.187 e. The molecule has 3 rings (SSSR count). The molecule has 0 bridgehead atoms. The Bertz CT molecular complexity index is 706. The molecule has 0 spiro atoms. The molecule has 2 heterocycles. The monoisotopic (exact) mass is 320 g/mol. The van der Waals surface area contributed by atoms with Gasteiger partial charge in [-0.15, -0.1) is 22.6 Å². The third-order valence-electron chi connectivity index (χ3n) is 2.31. The van der Waals surface area contributed by atoms with E-state index in [4.69, 9.17) is 23.2 Å². The van der Waals surface area contributed by atoms with Gasteiger partial charge in [-0.1, -0.05) is 40.6 Å². The molecule has 1 aromatic carbocycles. The van der Waals surface area contributed by atoms with Crippen molar-refractivity contribution in [1.29, 1.82) is 0 Å². The fourth-order valence-electron chi connectivity index (χ4n) is 1.46. The Balaban J connectivity index is 0.00000120. The maximum atomic E-state index is 5.98. The Morgan fingerprint density at radius 3 is 2.61 bits per heavy atom. The molecule has 0 unspecified atom stereocenters. The summed E-state index contributed by atoms with van der Waals surface area (Å²) in [6, 6.07) is 5.44. The van der Waals surface area contributed by atoms with Crippen LogP contribution in [-0.4, -0.2) is 19.8 Å². The topological polar surface area (TPSA) is 43.1 Å². The lowest BCUT2D eigenvalue weighted by Gasteiger charge is -1.98. The summed E-state index contributed by atoms with van der Waals surface area (Å²) in [5, 5.41) is 14.3. The van der Waals surface area contributed by atoms with E-state index in [1.165, 1.54) is 11.3 Å². The molecule has 2 aromatic heterocycles. The Labute approximate surface area is 123 Å². The van der Waals surface area contributed by atoms with Crippen molar-refractivity contribution in [3.63, 3.8) is 0 Å². The molecule has 8 heteroatoms. The van der Waals surface area contributed by atoms with Crippen molar-refractivity contribution in [3.8, 4) is 10.6 Å². The second-order valence-electron chi connectivity index (χ2n) is 3.48. The third kappa shape index (κ3) is 2.19. The Hall–Kier alpha value is -0.880. The molecular formula is C10H7Cl3N4S. The zero-order chi connectivity index (χ0) is 12.0. The fraction of sp³-hybridized carbons (Fsp3) is 0.100. The number of hydrogen-bond acceptors (Lipinski definition) is 4. The highest BCUT2D eigenvalue weighted by Gasteiger charge is 2.11. The van der Waals surface area contributed by atoms with Gasteiger partial charge in [-0.2, -0.15) is 9.61 Å². The largest absolute Gasteiger partial charge is 0.234 e. The quantitative estimate of drug-likeness (QED) is 0.683. The minimum atomic E-state index is 0. The first-order valence-corrected chi connectivity index (χ1v) is 6.36. The predicted molar refractivity (Wildman–Crippen MR) is 76.1 cm³/mol. The van der Waals surface area contributed by atoms with Crippen LogP contribution in [0.25, 0.3) is 15.5 Å². The van der Waals surface area contributed by atoms with Gasteiger partial charge in [0.2, 0.25) is 4.96 Å². The number of fused-ring (bicyclic) bond motifs is 1. The van der Waals surface area contributed by atoms with Crippen LogP contribution in [-0.2, 0) is 0 Å². The summed E-state index contributed by atoms with van der Waals surface area (Å²) in [5.41, 5.74) is 0.925. The van der Waals surface area contributed by atoms with E-state index < -0.39 is 0 Å². The van der Waals surface area contributed by atoms with Gasteiger partial charge in [0.1, 0.15) is 5.01 Å². The maximum absolute atomic E-state index is 5.98. The summed E-state index contributed by atoms with van der Waals surface area (Å²) >= 11 is 13.3. The van der Waals surface area contributed by atoms with E-state index in [2.05, 4.69) is 15.3 Å². The molecule has 0 aliphatic carbocycles. The normalized spacial score (nSPS) is 10.6. The van der Waals surface area contributed by atoms with Crippen molar-refractivity contribution in [1.82, 2.24) is 19.8 Å². The van der Waals surface area contributed by atoms with Crippen LogP contribution in [0.5, 0.6) is 0 Å². The molecule has 0 aliphatic heterocycles. The number of rotatable bonds is 1. The Kier molecular flexibility index (Phi) is 3.77. The van der Waals surface area contributed by atoms with Crippen molar-refractivity contribution in [2.45, 2.75) is 6.92 Å². The van der Waals surface area contributed by atoms with Gasteiger partial charge in [0, 0.05) is 5.56 Å². The van der Waals surface area contributed by atoms with E-state index >= 15 is 0 Å². The van der Waals surface area contributed by atoms with E-state index in [-0.39, 0.29) is 12.4 Å². The lowest BCUT2D eigenvalue weighted by atomic mass is 10.2. The van der Waals surface area contributed by atoms with Gasteiger partial charge in [-0.3, -0.25) is 0 Å². The summed E-state index contributed by atoms with van der Waals surface area (Å²) in [6.07, 6.45) is 0. The first-order chi connectivity index (χ1) is 8.15. The van der Waals surface area contributed by atoms with Crippen molar-refractivity contribution in [2.75, 3.05) is 0 Å². The molecule has 4 nitrogen and oxygen atoms in total. The van der Waals surface area contributed by atoms with Crippen molar-refractivity contribution < 1.29 is 0 Å². The molecule has 0 fully saturated rings. The molecule has 0 N–H and O–H groups in total. The van der Waals surface area contributed by atoms with Crippen LogP contribution in [0.4, 0.5) is 0 Å². The summed E-state index contributed by atoms with van der Waals surface area (Å²) in [4.78, 5) is 0.767. The second kappa shape index (κ2) is 5.01. The average molecular weight is 322 g/mol. The third-order valence-corrected chi connectivity index (χ3v) is 4.00. The highest BCUT2D eigenvalue weighted by molar-refractivity contribution is 7.19. The van der Waals surface area contributed by atoms with Crippen LogP contribution < -0.4 is 0 Å². The second-order valence-corrected chi connectivity index (χ2v) is 5.25. The highest BCUT2D eigenvalue weighted by Crippen LogP contribution is 2.30. The van der Waals surface area contributed by atoms with Gasteiger partial charge in [0.15, 0.2) is 5.82 Å². The number of aromatic nitrogens is 4.